The quantitative estimate of drug-likeness (QED) is 0.439. The zero-order valence-corrected chi connectivity index (χ0v) is 19.8. The maximum absolute atomic E-state index is 6.02. The van der Waals surface area contributed by atoms with Crippen LogP contribution >= 0.6 is 23.8 Å². The number of anilines is 1. The fourth-order valence-electron chi connectivity index (χ4n) is 3.60. The molecule has 0 radical (unpaired) electrons. The average molecular weight is 474 g/mol. The molecule has 0 bridgehead atoms. The van der Waals surface area contributed by atoms with E-state index in [2.05, 4.69) is 26.5 Å². The first kappa shape index (κ1) is 22.8. The molecule has 170 valence electrons. The highest BCUT2D eigenvalue weighted by molar-refractivity contribution is 7.71. The van der Waals surface area contributed by atoms with E-state index in [0.717, 1.165) is 31.3 Å². The molecule has 3 aromatic rings. The fourth-order valence-corrected chi connectivity index (χ4v) is 4.02. The minimum Gasteiger partial charge on any atom is -0.492 e. The maximum Gasteiger partial charge on any atom is 0.226 e. The molecule has 0 unspecified atom stereocenters. The summed E-state index contributed by atoms with van der Waals surface area (Å²) in [6.45, 7) is 5.56. The first-order valence-corrected chi connectivity index (χ1v) is 11.5. The number of ether oxygens (including phenoxy) is 2. The highest BCUT2D eigenvalue weighted by Crippen LogP contribution is 2.19. The van der Waals surface area contributed by atoms with Gasteiger partial charge in [0.15, 0.2) is 0 Å². The predicted octanol–water partition coefficient (Wildman–Crippen LogP) is 3.92. The zero-order chi connectivity index (χ0) is 22.3. The van der Waals surface area contributed by atoms with Crippen molar-refractivity contribution in [2.24, 2.45) is 0 Å². The minimum atomic E-state index is 0.547. The molecule has 7 nitrogen and oxygen atoms in total. The van der Waals surface area contributed by atoms with Crippen LogP contribution in [0, 0.1) is 4.77 Å². The van der Waals surface area contributed by atoms with Crippen molar-refractivity contribution in [1.82, 2.24) is 19.2 Å². The van der Waals surface area contributed by atoms with Gasteiger partial charge < -0.3 is 14.4 Å². The molecule has 9 heteroatoms. The highest BCUT2D eigenvalue weighted by atomic mass is 35.5. The van der Waals surface area contributed by atoms with Crippen molar-refractivity contribution in [3.8, 4) is 5.75 Å². The largest absolute Gasteiger partial charge is 0.492 e. The van der Waals surface area contributed by atoms with Crippen LogP contribution in [0.3, 0.4) is 0 Å². The van der Waals surface area contributed by atoms with E-state index in [4.69, 9.17) is 38.4 Å². The lowest BCUT2D eigenvalue weighted by Crippen LogP contribution is -2.38. The topological polar surface area (TPSA) is 47.7 Å². The van der Waals surface area contributed by atoms with Crippen LogP contribution in [0.5, 0.6) is 5.75 Å². The van der Waals surface area contributed by atoms with E-state index < -0.39 is 0 Å². The first-order chi connectivity index (χ1) is 15.6. The van der Waals surface area contributed by atoms with Gasteiger partial charge in [0.05, 0.1) is 26.4 Å². The molecule has 0 amide bonds. The summed E-state index contributed by atoms with van der Waals surface area (Å²) >= 11 is 11.9. The van der Waals surface area contributed by atoms with Gasteiger partial charge in [-0.25, -0.2) is 4.68 Å². The molecule has 1 fully saturated rings. The van der Waals surface area contributed by atoms with Crippen LogP contribution in [0.4, 0.5) is 5.95 Å². The van der Waals surface area contributed by atoms with Gasteiger partial charge in [0, 0.05) is 24.7 Å². The molecular formula is C23H28ClN5O2S. The Labute approximate surface area is 198 Å². The molecule has 0 aliphatic carbocycles. The van der Waals surface area contributed by atoms with Gasteiger partial charge in [-0.2, -0.15) is 0 Å². The van der Waals surface area contributed by atoms with E-state index in [9.17, 15) is 0 Å². The summed E-state index contributed by atoms with van der Waals surface area (Å²) in [5, 5.41) is 5.56. The SMILES string of the molecule is CN(CCOc1cccc(Cl)c1)Cn1nc(N2CCOCC2)n(Cc2ccccc2)c1=S. The molecule has 1 aliphatic heterocycles. The van der Waals surface area contributed by atoms with Crippen molar-refractivity contribution in [1.29, 1.82) is 0 Å². The van der Waals surface area contributed by atoms with Crippen LogP contribution in [-0.2, 0) is 18.0 Å². The normalized spacial score (nSPS) is 14.2. The third kappa shape index (κ3) is 5.89. The summed E-state index contributed by atoms with van der Waals surface area (Å²) in [6.07, 6.45) is 0. The van der Waals surface area contributed by atoms with Gasteiger partial charge in [-0.3, -0.25) is 9.47 Å². The Morgan fingerprint density at radius 1 is 1.12 bits per heavy atom. The van der Waals surface area contributed by atoms with Gasteiger partial charge in [0.2, 0.25) is 10.7 Å². The Kier molecular flexibility index (Phi) is 7.81. The van der Waals surface area contributed by atoms with Crippen molar-refractivity contribution < 1.29 is 9.47 Å². The molecule has 4 rings (SSSR count). The lowest BCUT2D eigenvalue weighted by Gasteiger charge is -2.27. The molecule has 2 aromatic carbocycles. The zero-order valence-electron chi connectivity index (χ0n) is 18.2. The van der Waals surface area contributed by atoms with E-state index in [1.165, 1.54) is 5.56 Å². The minimum absolute atomic E-state index is 0.547. The van der Waals surface area contributed by atoms with Gasteiger partial charge in [-0.1, -0.05) is 48.0 Å². The van der Waals surface area contributed by atoms with Gasteiger partial charge >= 0.3 is 0 Å². The van der Waals surface area contributed by atoms with E-state index in [0.29, 0.717) is 42.8 Å². The van der Waals surface area contributed by atoms with Crippen LogP contribution < -0.4 is 9.64 Å². The summed E-state index contributed by atoms with van der Waals surface area (Å²) in [4.78, 5) is 4.39. The van der Waals surface area contributed by atoms with Crippen LogP contribution in [0.2, 0.25) is 5.02 Å². The Balaban J connectivity index is 1.45. The summed E-state index contributed by atoms with van der Waals surface area (Å²) < 4.78 is 16.1. The van der Waals surface area contributed by atoms with E-state index >= 15 is 0 Å². The molecule has 32 heavy (non-hydrogen) atoms. The second kappa shape index (κ2) is 11.0. The van der Waals surface area contributed by atoms with Crippen molar-refractivity contribution in [3.05, 3.63) is 70.0 Å². The number of hydrogen-bond donors (Lipinski definition) is 0. The summed E-state index contributed by atoms with van der Waals surface area (Å²) in [7, 11) is 2.04. The molecule has 0 spiro atoms. The second-order valence-electron chi connectivity index (χ2n) is 7.78. The van der Waals surface area contributed by atoms with Gasteiger partial charge in [0.1, 0.15) is 12.4 Å². The fraction of sp³-hybridized carbons (Fsp3) is 0.391. The number of aromatic nitrogens is 3. The lowest BCUT2D eigenvalue weighted by molar-refractivity contribution is 0.121. The number of likely N-dealkylation sites (N-methyl/N-ethyl adjacent to an activating group) is 1. The monoisotopic (exact) mass is 473 g/mol. The molecule has 1 aliphatic rings. The molecule has 0 atom stereocenters. The third-order valence-electron chi connectivity index (χ3n) is 5.29. The lowest BCUT2D eigenvalue weighted by atomic mass is 10.2. The summed E-state index contributed by atoms with van der Waals surface area (Å²) in [6, 6.07) is 17.8. The van der Waals surface area contributed by atoms with E-state index in [-0.39, 0.29) is 0 Å². The standard InChI is InChI=1S/C23H28ClN5O2S/c1-26(10-15-31-21-9-5-8-20(24)16-21)18-29-23(32)28(17-19-6-3-2-4-7-19)22(25-29)27-11-13-30-14-12-27/h2-9,16H,10-15,17-18H2,1H3. The van der Waals surface area contributed by atoms with Gasteiger partial charge in [-0.15, -0.1) is 5.10 Å². The number of morpholine rings is 1. The Morgan fingerprint density at radius 2 is 1.91 bits per heavy atom. The van der Waals surface area contributed by atoms with Crippen LogP contribution in [0.15, 0.2) is 54.6 Å². The van der Waals surface area contributed by atoms with Gasteiger partial charge in [-0.05, 0) is 43.0 Å². The van der Waals surface area contributed by atoms with E-state index in [1.807, 2.05) is 54.2 Å². The van der Waals surface area contributed by atoms with Crippen molar-refractivity contribution >= 4 is 29.8 Å². The number of hydrogen-bond acceptors (Lipinski definition) is 6. The predicted molar refractivity (Wildman–Crippen MR) is 129 cm³/mol. The molecule has 0 saturated carbocycles. The summed E-state index contributed by atoms with van der Waals surface area (Å²) in [5.41, 5.74) is 1.20. The Hall–Kier alpha value is -2.39. The molecule has 1 aromatic heterocycles. The van der Waals surface area contributed by atoms with Gasteiger partial charge in [0.25, 0.3) is 0 Å². The van der Waals surface area contributed by atoms with Crippen LogP contribution in [0.1, 0.15) is 5.56 Å². The number of rotatable bonds is 9. The summed E-state index contributed by atoms with van der Waals surface area (Å²) in [5.74, 6) is 1.66. The number of nitrogens with zero attached hydrogens (tertiary/aromatic N) is 5. The number of halogens is 1. The second-order valence-corrected chi connectivity index (χ2v) is 8.58. The van der Waals surface area contributed by atoms with Crippen molar-refractivity contribution in [2.75, 3.05) is 51.4 Å². The van der Waals surface area contributed by atoms with Crippen LogP contribution in [0.25, 0.3) is 0 Å². The highest BCUT2D eigenvalue weighted by Gasteiger charge is 2.20. The first-order valence-electron chi connectivity index (χ1n) is 10.7. The third-order valence-corrected chi connectivity index (χ3v) is 5.96. The molecule has 2 heterocycles. The number of benzene rings is 2. The van der Waals surface area contributed by atoms with Crippen molar-refractivity contribution in [3.63, 3.8) is 0 Å². The smallest absolute Gasteiger partial charge is 0.226 e. The average Bonchev–Trinajstić information content (AvgIpc) is 3.10. The molecule has 0 N–H and O–H groups in total. The van der Waals surface area contributed by atoms with Crippen LogP contribution in [-0.4, -0.2) is 65.8 Å². The molecule has 1 saturated heterocycles. The maximum atomic E-state index is 6.02. The van der Waals surface area contributed by atoms with E-state index in [1.54, 1.807) is 0 Å². The van der Waals surface area contributed by atoms with Crippen molar-refractivity contribution in [2.45, 2.75) is 13.2 Å². The molecular weight excluding hydrogens is 446 g/mol. The Morgan fingerprint density at radius 3 is 2.66 bits per heavy atom. The Bertz CT molecular complexity index is 1070.